The third-order valence-corrected chi connectivity index (χ3v) is 5.95. The van der Waals surface area contributed by atoms with E-state index in [1.54, 1.807) is 4.57 Å². The van der Waals surface area contributed by atoms with Crippen LogP contribution in [0.4, 0.5) is 5.82 Å². The number of nitrogens with zero attached hydrogens (tertiary/aromatic N) is 3. The van der Waals surface area contributed by atoms with E-state index in [1.807, 2.05) is 36.5 Å². The number of hydrogen-bond acceptors (Lipinski definition) is 6. The van der Waals surface area contributed by atoms with E-state index in [9.17, 15) is 4.79 Å². The van der Waals surface area contributed by atoms with Crippen molar-refractivity contribution in [3.05, 3.63) is 56.1 Å². The highest BCUT2D eigenvalue weighted by Gasteiger charge is 2.13. The van der Waals surface area contributed by atoms with E-state index in [-0.39, 0.29) is 5.56 Å². The van der Waals surface area contributed by atoms with Crippen molar-refractivity contribution in [1.29, 1.82) is 0 Å². The van der Waals surface area contributed by atoms with Crippen LogP contribution >= 0.6 is 22.9 Å². The van der Waals surface area contributed by atoms with Gasteiger partial charge in [-0.1, -0.05) is 11.6 Å². The molecule has 0 aliphatic carbocycles. The molecule has 1 saturated heterocycles. The van der Waals surface area contributed by atoms with E-state index in [1.165, 1.54) is 11.3 Å². The first kappa shape index (κ1) is 19.2. The van der Waals surface area contributed by atoms with E-state index in [4.69, 9.17) is 16.3 Å². The van der Waals surface area contributed by atoms with Crippen LogP contribution in [0.1, 0.15) is 4.88 Å². The van der Waals surface area contributed by atoms with Crippen LogP contribution in [0.2, 0.25) is 4.34 Å². The highest BCUT2D eigenvalue weighted by atomic mass is 35.5. The Hall–Kier alpha value is -2.13. The monoisotopic (exact) mass is 419 g/mol. The van der Waals surface area contributed by atoms with E-state index in [2.05, 4.69) is 20.4 Å². The summed E-state index contributed by atoms with van der Waals surface area (Å²) >= 11 is 7.49. The molecule has 1 fully saturated rings. The topological polar surface area (TPSA) is 75.2 Å². The Morgan fingerprint density at radius 1 is 1.25 bits per heavy atom. The van der Waals surface area contributed by atoms with E-state index < -0.39 is 0 Å². The molecule has 0 atom stereocenters. The molecule has 0 saturated carbocycles. The number of morpholine rings is 1. The minimum Gasteiger partial charge on any atom is -0.379 e. The standard InChI is InChI=1S/C19H22ClN5O2S/c20-17-4-3-14(28-17)13-21-18-12-16(22-23-18)15-2-1-5-25(19(15)26)7-6-24-8-10-27-11-9-24/h1-5,12H,6-11,13H2,(H2,21,22,23). The third-order valence-electron chi connectivity index (χ3n) is 4.72. The zero-order valence-electron chi connectivity index (χ0n) is 15.4. The van der Waals surface area contributed by atoms with Gasteiger partial charge >= 0.3 is 0 Å². The average molecular weight is 420 g/mol. The number of rotatable bonds is 7. The molecule has 3 aromatic heterocycles. The van der Waals surface area contributed by atoms with Gasteiger partial charge in [-0.15, -0.1) is 11.3 Å². The molecule has 0 aromatic carbocycles. The van der Waals surface area contributed by atoms with Crippen molar-refractivity contribution < 1.29 is 4.74 Å². The maximum Gasteiger partial charge on any atom is 0.260 e. The number of halogens is 1. The summed E-state index contributed by atoms with van der Waals surface area (Å²) in [6.45, 7) is 5.49. The second-order valence-corrected chi connectivity index (χ2v) is 8.40. The van der Waals surface area contributed by atoms with Gasteiger partial charge in [-0.2, -0.15) is 5.10 Å². The van der Waals surface area contributed by atoms with Gasteiger partial charge in [0, 0.05) is 43.3 Å². The van der Waals surface area contributed by atoms with Crippen molar-refractivity contribution in [3.63, 3.8) is 0 Å². The van der Waals surface area contributed by atoms with Crippen molar-refractivity contribution in [2.45, 2.75) is 13.1 Å². The Morgan fingerprint density at radius 3 is 2.89 bits per heavy atom. The van der Waals surface area contributed by atoms with Crippen LogP contribution in [0.15, 0.2) is 41.3 Å². The predicted octanol–water partition coefficient (Wildman–Crippen LogP) is 2.90. The van der Waals surface area contributed by atoms with Gasteiger partial charge in [-0.05, 0) is 24.3 Å². The van der Waals surface area contributed by atoms with Gasteiger partial charge in [-0.3, -0.25) is 14.8 Å². The summed E-state index contributed by atoms with van der Waals surface area (Å²) in [5, 5.41) is 10.5. The lowest BCUT2D eigenvalue weighted by Crippen LogP contribution is -2.39. The summed E-state index contributed by atoms with van der Waals surface area (Å²) in [6, 6.07) is 9.44. The van der Waals surface area contributed by atoms with Gasteiger partial charge < -0.3 is 14.6 Å². The van der Waals surface area contributed by atoms with Crippen LogP contribution in [0.3, 0.4) is 0 Å². The summed E-state index contributed by atoms with van der Waals surface area (Å²) in [7, 11) is 0. The zero-order valence-corrected chi connectivity index (χ0v) is 16.9. The van der Waals surface area contributed by atoms with Gasteiger partial charge in [0.2, 0.25) is 0 Å². The number of anilines is 1. The molecule has 2 N–H and O–H groups in total. The highest BCUT2D eigenvalue weighted by molar-refractivity contribution is 7.16. The molecule has 0 bridgehead atoms. The lowest BCUT2D eigenvalue weighted by atomic mass is 10.2. The van der Waals surface area contributed by atoms with E-state index in [0.717, 1.165) is 42.1 Å². The number of hydrogen-bond donors (Lipinski definition) is 2. The molecule has 7 nitrogen and oxygen atoms in total. The molecule has 3 aromatic rings. The maximum absolute atomic E-state index is 12.9. The number of pyridine rings is 1. The Morgan fingerprint density at radius 2 is 2.11 bits per heavy atom. The molecule has 9 heteroatoms. The molecule has 4 heterocycles. The minimum atomic E-state index is -0.0176. The number of H-pyrrole nitrogens is 1. The van der Waals surface area contributed by atoms with Gasteiger partial charge in [0.25, 0.3) is 5.56 Å². The molecule has 28 heavy (non-hydrogen) atoms. The van der Waals surface area contributed by atoms with Crippen molar-refractivity contribution in [1.82, 2.24) is 19.7 Å². The normalized spacial score (nSPS) is 15.0. The quantitative estimate of drug-likeness (QED) is 0.616. The van der Waals surface area contributed by atoms with Crippen LogP contribution in [0.25, 0.3) is 11.3 Å². The maximum atomic E-state index is 12.9. The van der Waals surface area contributed by atoms with Crippen LogP contribution in [0, 0.1) is 0 Å². The summed E-state index contributed by atoms with van der Waals surface area (Å²) in [5.74, 6) is 0.697. The van der Waals surface area contributed by atoms with Gasteiger partial charge in [0.1, 0.15) is 5.82 Å². The summed E-state index contributed by atoms with van der Waals surface area (Å²) in [5.41, 5.74) is 1.30. The molecule has 0 unspecified atom stereocenters. The largest absolute Gasteiger partial charge is 0.379 e. The van der Waals surface area contributed by atoms with Crippen molar-refractivity contribution in [2.75, 3.05) is 38.2 Å². The van der Waals surface area contributed by atoms with Crippen molar-refractivity contribution in [2.24, 2.45) is 0 Å². The number of aromatic amines is 1. The molecule has 148 valence electrons. The number of nitrogens with one attached hydrogen (secondary N) is 2. The fraction of sp³-hybridized carbons (Fsp3) is 0.368. The molecular formula is C19H22ClN5O2S. The Bertz CT molecular complexity index is 977. The first-order chi connectivity index (χ1) is 13.7. The molecule has 0 amide bonds. The average Bonchev–Trinajstić information content (AvgIpc) is 3.35. The summed E-state index contributed by atoms with van der Waals surface area (Å²) in [6.07, 6.45) is 1.84. The smallest absolute Gasteiger partial charge is 0.260 e. The van der Waals surface area contributed by atoms with Crippen molar-refractivity contribution >= 4 is 28.8 Å². The molecule has 4 rings (SSSR count). The molecule has 0 spiro atoms. The Labute approximate surface area is 171 Å². The van der Waals surface area contributed by atoms with E-state index in [0.29, 0.717) is 30.2 Å². The zero-order chi connectivity index (χ0) is 19.3. The van der Waals surface area contributed by atoms with Crippen LogP contribution in [0.5, 0.6) is 0 Å². The van der Waals surface area contributed by atoms with Crippen LogP contribution in [-0.4, -0.2) is 52.5 Å². The lowest BCUT2D eigenvalue weighted by molar-refractivity contribution is 0.0363. The fourth-order valence-electron chi connectivity index (χ4n) is 3.17. The first-order valence-electron chi connectivity index (χ1n) is 9.22. The number of aromatic nitrogens is 3. The van der Waals surface area contributed by atoms with Crippen LogP contribution in [-0.2, 0) is 17.8 Å². The molecule has 1 aliphatic rings. The fourth-order valence-corrected chi connectivity index (χ4v) is 4.19. The first-order valence-corrected chi connectivity index (χ1v) is 10.4. The molecular weight excluding hydrogens is 398 g/mol. The SMILES string of the molecule is O=c1c(-c2cc(NCc3ccc(Cl)s3)n[nH]2)cccn1CCN1CCOCC1. The number of ether oxygens (including phenoxy) is 1. The van der Waals surface area contributed by atoms with Gasteiger partial charge in [-0.25, -0.2) is 0 Å². The Kier molecular flexibility index (Phi) is 6.11. The summed E-state index contributed by atoms with van der Waals surface area (Å²) in [4.78, 5) is 16.3. The second kappa shape index (κ2) is 8.91. The lowest BCUT2D eigenvalue weighted by Gasteiger charge is -2.26. The van der Waals surface area contributed by atoms with Gasteiger partial charge in [0.05, 0.1) is 35.4 Å². The summed E-state index contributed by atoms with van der Waals surface area (Å²) < 4.78 is 7.89. The van der Waals surface area contributed by atoms with E-state index >= 15 is 0 Å². The predicted molar refractivity (Wildman–Crippen MR) is 112 cm³/mol. The van der Waals surface area contributed by atoms with Crippen LogP contribution < -0.4 is 10.9 Å². The molecule has 1 aliphatic heterocycles. The Balaban J connectivity index is 1.42. The number of thiophene rings is 1. The molecule has 0 radical (unpaired) electrons. The van der Waals surface area contributed by atoms with Gasteiger partial charge in [0.15, 0.2) is 0 Å². The van der Waals surface area contributed by atoms with Crippen molar-refractivity contribution in [3.8, 4) is 11.3 Å². The third kappa shape index (κ3) is 4.64. The highest BCUT2D eigenvalue weighted by Crippen LogP contribution is 2.23. The minimum absolute atomic E-state index is 0.0176. The second-order valence-electron chi connectivity index (χ2n) is 6.60.